The molecule has 0 spiro atoms. The first-order valence-electron chi connectivity index (χ1n) is 4.78. The van der Waals surface area contributed by atoms with Gasteiger partial charge in [-0.05, 0) is 30.4 Å². The molecule has 0 saturated carbocycles. The number of benzene rings is 1. The molecule has 0 heterocycles. The van der Waals surface area contributed by atoms with Crippen LogP contribution in [-0.4, -0.2) is 5.78 Å². The lowest BCUT2D eigenvalue weighted by Gasteiger charge is -2.11. The van der Waals surface area contributed by atoms with Crippen LogP contribution < -0.4 is 0 Å². The van der Waals surface area contributed by atoms with Crippen LogP contribution in [0.1, 0.15) is 30.9 Å². The summed E-state index contributed by atoms with van der Waals surface area (Å²) >= 11 is 0. The second kappa shape index (κ2) is 2.99. The number of hydrogen-bond donors (Lipinski definition) is 0. The van der Waals surface area contributed by atoms with E-state index in [9.17, 15) is 4.79 Å². The van der Waals surface area contributed by atoms with E-state index in [2.05, 4.69) is 25.1 Å². The summed E-state index contributed by atoms with van der Waals surface area (Å²) in [4.78, 5) is 11.3. The van der Waals surface area contributed by atoms with Gasteiger partial charge in [-0.3, -0.25) is 4.79 Å². The van der Waals surface area contributed by atoms with Gasteiger partial charge < -0.3 is 0 Å². The Hall–Kier alpha value is -1.11. The van der Waals surface area contributed by atoms with E-state index in [4.69, 9.17) is 0 Å². The normalized spacial score (nSPS) is 25.7. The van der Waals surface area contributed by atoms with E-state index in [1.54, 1.807) is 6.92 Å². The van der Waals surface area contributed by atoms with Gasteiger partial charge in [-0.15, -0.1) is 0 Å². The van der Waals surface area contributed by atoms with Gasteiger partial charge in [0.25, 0.3) is 0 Å². The van der Waals surface area contributed by atoms with Crippen LogP contribution >= 0.6 is 0 Å². The fraction of sp³-hybridized carbons (Fsp3) is 0.417. The molecule has 1 aliphatic carbocycles. The Labute approximate surface area is 78.8 Å². The zero-order valence-electron chi connectivity index (χ0n) is 8.08. The summed E-state index contributed by atoms with van der Waals surface area (Å²) in [6.07, 6.45) is 0.937. The third-order valence-corrected chi connectivity index (χ3v) is 3.11. The van der Waals surface area contributed by atoms with Crippen molar-refractivity contribution in [3.05, 3.63) is 35.4 Å². The van der Waals surface area contributed by atoms with Crippen molar-refractivity contribution < 1.29 is 4.79 Å². The van der Waals surface area contributed by atoms with E-state index in [0.29, 0.717) is 11.7 Å². The third kappa shape index (κ3) is 1.28. The Morgan fingerprint density at radius 3 is 2.69 bits per heavy atom. The minimum absolute atomic E-state index is 0.220. The van der Waals surface area contributed by atoms with E-state index >= 15 is 0 Å². The van der Waals surface area contributed by atoms with Gasteiger partial charge in [0.2, 0.25) is 0 Å². The first kappa shape index (κ1) is 8.49. The van der Waals surface area contributed by atoms with Crippen molar-refractivity contribution in [2.75, 3.05) is 0 Å². The highest BCUT2D eigenvalue weighted by molar-refractivity contribution is 5.80. The predicted octanol–water partition coefficient (Wildman–Crippen LogP) is 2.55. The third-order valence-electron chi connectivity index (χ3n) is 3.11. The van der Waals surface area contributed by atoms with Crippen molar-refractivity contribution in [3.8, 4) is 0 Å². The van der Waals surface area contributed by atoms with E-state index in [0.717, 1.165) is 6.42 Å². The van der Waals surface area contributed by atoms with Gasteiger partial charge in [0.05, 0.1) is 0 Å². The van der Waals surface area contributed by atoms with Crippen molar-refractivity contribution in [1.29, 1.82) is 0 Å². The molecule has 0 amide bonds. The summed E-state index contributed by atoms with van der Waals surface area (Å²) in [7, 11) is 0. The van der Waals surface area contributed by atoms with Gasteiger partial charge in [0.1, 0.15) is 5.78 Å². The molecule has 68 valence electrons. The molecule has 0 bridgehead atoms. The minimum atomic E-state index is 0.220. The van der Waals surface area contributed by atoms with Crippen molar-refractivity contribution >= 4 is 5.78 Å². The van der Waals surface area contributed by atoms with Crippen LogP contribution in [0.4, 0.5) is 0 Å². The highest BCUT2D eigenvalue weighted by atomic mass is 16.1. The Morgan fingerprint density at radius 2 is 2.08 bits per heavy atom. The summed E-state index contributed by atoms with van der Waals surface area (Å²) in [6, 6.07) is 8.38. The summed E-state index contributed by atoms with van der Waals surface area (Å²) in [5.41, 5.74) is 2.72. The second-order valence-corrected chi connectivity index (χ2v) is 3.91. The summed E-state index contributed by atoms with van der Waals surface area (Å²) in [6.45, 7) is 3.85. The number of carbonyl (C=O) groups excluding carboxylic acids is 1. The molecule has 13 heavy (non-hydrogen) atoms. The zero-order chi connectivity index (χ0) is 9.42. The van der Waals surface area contributed by atoms with Crippen LogP contribution in [0.25, 0.3) is 0 Å². The maximum Gasteiger partial charge on any atom is 0.133 e. The molecule has 1 heteroatoms. The Bertz CT molecular complexity index is 341. The van der Waals surface area contributed by atoms with Gasteiger partial charge in [0.15, 0.2) is 0 Å². The standard InChI is InChI=1S/C12H14O/c1-8-11-6-4-3-5-10(11)7-12(8)9(2)13/h3-6,8,12H,7H2,1-2H3. The average molecular weight is 174 g/mol. The molecular formula is C12H14O. The largest absolute Gasteiger partial charge is 0.300 e. The molecule has 0 radical (unpaired) electrons. The smallest absolute Gasteiger partial charge is 0.133 e. The SMILES string of the molecule is CC(=O)C1Cc2ccccc2C1C. The lowest BCUT2D eigenvalue weighted by atomic mass is 9.92. The van der Waals surface area contributed by atoms with Gasteiger partial charge in [-0.1, -0.05) is 31.2 Å². The Morgan fingerprint density at radius 1 is 1.38 bits per heavy atom. The number of rotatable bonds is 1. The molecule has 0 N–H and O–H groups in total. The molecule has 2 rings (SSSR count). The molecule has 0 fully saturated rings. The quantitative estimate of drug-likeness (QED) is 0.639. The fourth-order valence-corrected chi connectivity index (χ4v) is 2.29. The molecular weight excluding hydrogens is 160 g/mol. The number of fused-ring (bicyclic) bond motifs is 1. The van der Waals surface area contributed by atoms with Crippen LogP contribution in [0.15, 0.2) is 24.3 Å². The van der Waals surface area contributed by atoms with E-state index in [1.165, 1.54) is 11.1 Å². The van der Waals surface area contributed by atoms with Crippen LogP contribution in [-0.2, 0) is 11.2 Å². The first-order chi connectivity index (χ1) is 6.20. The maximum absolute atomic E-state index is 11.3. The minimum Gasteiger partial charge on any atom is -0.300 e. The summed E-state index contributed by atoms with van der Waals surface area (Å²) in [5, 5.41) is 0. The molecule has 1 aromatic rings. The average Bonchev–Trinajstić information content (AvgIpc) is 2.45. The van der Waals surface area contributed by atoms with E-state index < -0.39 is 0 Å². The van der Waals surface area contributed by atoms with Crippen molar-refractivity contribution in [1.82, 2.24) is 0 Å². The summed E-state index contributed by atoms with van der Waals surface area (Å²) in [5.74, 6) is 0.954. The lowest BCUT2D eigenvalue weighted by Crippen LogP contribution is -2.13. The summed E-state index contributed by atoms with van der Waals surface area (Å²) < 4.78 is 0. The molecule has 1 aromatic carbocycles. The van der Waals surface area contributed by atoms with Crippen LogP contribution in [0.2, 0.25) is 0 Å². The van der Waals surface area contributed by atoms with Crippen LogP contribution in [0.5, 0.6) is 0 Å². The van der Waals surface area contributed by atoms with Crippen molar-refractivity contribution in [2.45, 2.75) is 26.2 Å². The molecule has 1 nitrogen and oxygen atoms in total. The molecule has 0 aliphatic heterocycles. The fourth-order valence-electron chi connectivity index (χ4n) is 2.29. The molecule has 1 aliphatic rings. The second-order valence-electron chi connectivity index (χ2n) is 3.91. The zero-order valence-corrected chi connectivity index (χ0v) is 8.08. The van der Waals surface area contributed by atoms with Gasteiger partial charge in [-0.2, -0.15) is 0 Å². The Kier molecular flexibility index (Phi) is 1.95. The van der Waals surface area contributed by atoms with Crippen LogP contribution in [0, 0.1) is 5.92 Å². The first-order valence-corrected chi connectivity index (χ1v) is 4.78. The van der Waals surface area contributed by atoms with Crippen LogP contribution in [0.3, 0.4) is 0 Å². The number of ketones is 1. The number of hydrogen-bond acceptors (Lipinski definition) is 1. The molecule has 2 unspecified atom stereocenters. The number of carbonyl (C=O) groups is 1. The van der Waals surface area contributed by atoms with Crippen molar-refractivity contribution in [3.63, 3.8) is 0 Å². The number of Topliss-reactive ketones (excluding diaryl/α,β-unsaturated/α-hetero) is 1. The monoisotopic (exact) mass is 174 g/mol. The van der Waals surface area contributed by atoms with E-state index in [1.807, 2.05) is 6.07 Å². The Balaban J connectivity index is 2.38. The molecule has 0 saturated heterocycles. The highest BCUT2D eigenvalue weighted by Crippen LogP contribution is 2.37. The maximum atomic E-state index is 11.3. The predicted molar refractivity (Wildman–Crippen MR) is 52.7 cm³/mol. The van der Waals surface area contributed by atoms with Gasteiger partial charge >= 0.3 is 0 Å². The van der Waals surface area contributed by atoms with Gasteiger partial charge in [-0.25, -0.2) is 0 Å². The van der Waals surface area contributed by atoms with Gasteiger partial charge in [0, 0.05) is 5.92 Å². The van der Waals surface area contributed by atoms with E-state index in [-0.39, 0.29) is 5.92 Å². The topological polar surface area (TPSA) is 17.1 Å². The molecule has 0 aromatic heterocycles. The lowest BCUT2D eigenvalue weighted by molar-refractivity contribution is -0.120. The van der Waals surface area contributed by atoms with Crippen molar-refractivity contribution in [2.24, 2.45) is 5.92 Å². The highest BCUT2D eigenvalue weighted by Gasteiger charge is 2.31. The molecule has 2 atom stereocenters.